The molecular weight excluding hydrogens is 423 g/mol. The van der Waals surface area contributed by atoms with Gasteiger partial charge in [0.05, 0.1) is 18.2 Å². The van der Waals surface area contributed by atoms with Gasteiger partial charge in [-0.3, -0.25) is 19.2 Å². The summed E-state index contributed by atoms with van der Waals surface area (Å²) >= 11 is 0. The Balaban J connectivity index is 1.35. The van der Waals surface area contributed by atoms with Crippen LogP contribution in [0, 0.1) is 12.7 Å². The van der Waals surface area contributed by atoms with Crippen LogP contribution in [0.2, 0.25) is 0 Å². The topological polar surface area (TPSA) is 84.2 Å². The van der Waals surface area contributed by atoms with Gasteiger partial charge >= 0.3 is 0 Å². The molecule has 0 bridgehead atoms. The Morgan fingerprint density at radius 3 is 2.82 bits per heavy atom. The van der Waals surface area contributed by atoms with Crippen molar-refractivity contribution in [2.75, 3.05) is 24.5 Å². The molecule has 9 heteroatoms. The lowest BCUT2D eigenvalue weighted by Crippen LogP contribution is -2.30. The molecule has 0 spiro atoms. The first kappa shape index (κ1) is 21.2. The first-order valence-corrected chi connectivity index (χ1v) is 11.1. The second-order valence-corrected chi connectivity index (χ2v) is 8.67. The molecule has 2 aliphatic rings. The van der Waals surface area contributed by atoms with Crippen LogP contribution in [-0.2, 0) is 24.7 Å². The molecule has 1 unspecified atom stereocenters. The number of aromatic nitrogens is 4. The maximum atomic E-state index is 14.0. The first-order valence-electron chi connectivity index (χ1n) is 11.1. The molecule has 1 aromatic carbocycles. The average molecular weight is 449 g/mol. The Morgan fingerprint density at radius 1 is 1.24 bits per heavy atom. The van der Waals surface area contributed by atoms with Gasteiger partial charge in [0.25, 0.3) is 5.91 Å². The molecule has 1 fully saturated rings. The van der Waals surface area contributed by atoms with Gasteiger partial charge in [-0.05, 0) is 31.4 Å². The zero-order valence-corrected chi connectivity index (χ0v) is 18.7. The Labute approximate surface area is 191 Å². The van der Waals surface area contributed by atoms with E-state index in [2.05, 4.69) is 5.10 Å². The van der Waals surface area contributed by atoms with Gasteiger partial charge in [0.15, 0.2) is 0 Å². The van der Waals surface area contributed by atoms with Crippen molar-refractivity contribution in [3.05, 3.63) is 70.7 Å². The van der Waals surface area contributed by atoms with Gasteiger partial charge in [-0.1, -0.05) is 18.2 Å². The van der Waals surface area contributed by atoms with Gasteiger partial charge in [0, 0.05) is 50.1 Å². The maximum Gasteiger partial charge on any atom is 0.257 e. The molecule has 2 amide bonds. The average Bonchev–Trinajstić information content (AvgIpc) is 3.52. The van der Waals surface area contributed by atoms with Crippen molar-refractivity contribution in [1.29, 1.82) is 0 Å². The van der Waals surface area contributed by atoms with Crippen LogP contribution in [0.5, 0.6) is 0 Å². The molecule has 5 rings (SSSR count). The van der Waals surface area contributed by atoms with Crippen molar-refractivity contribution in [2.45, 2.75) is 32.1 Å². The van der Waals surface area contributed by atoms with Crippen LogP contribution in [0.3, 0.4) is 0 Å². The predicted molar refractivity (Wildman–Crippen MR) is 119 cm³/mol. The fraction of sp³-hybridized carbons (Fsp3) is 0.375. The quantitative estimate of drug-likeness (QED) is 0.599. The Kier molecular flexibility index (Phi) is 5.39. The second-order valence-electron chi connectivity index (χ2n) is 8.67. The third kappa shape index (κ3) is 3.99. The van der Waals surface area contributed by atoms with Crippen molar-refractivity contribution in [3.63, 3.8) is 0 Å². The molecule has 0 N–H and O–H groups in total. The lowest BCUT2D eigenvalue weighted by Gasteiger charge is -2.19. The van der Waals surface area contributed by atoms with Crippen LogP contribution in [-0.4, -0.2) is 56.1 Å². The van der Waals surface area contributed by atoms with Crippen LogP contribution >= 0.6 is 0 Å². The molecule has 2 aliphatic heterocycles. The minimum Gasteiger partial charge on any atom is -0.338 e. The normalized spacial score (nSPS) is 17.7. The zero-order chi connectivity index (χ0) is 23.1. The molecular formula is C24H25FN6O2. The number of benzene rings is 1. The summed E-state index contributed by atoms with van der Waals surface area (Å²) in [6.45, 7) is 3.40. The van der Waals surface area contributed by atoms with E-state index in [-0.39, 0.29) is 30.0 Å². The molecule has 8 nitrogen and oxygen atoms in total. The number of aryl methyl sites for hydroxylation is 2. The number of hydrogen-bond acceptors (Lipinski definition) is 5. The molecule has 33 heavy (non-hydrogen) atoms. The minimum absolute atomic E-state index is 0.00117. The number of nitrogens with zero attached hydrogens (tertiary/aromatic N) is 6. The molecule has 1 saturated heterocycles. The summed E-state index contributed by atoms with van der Waals surface area (Å²) in [5.74, 6) is 0.905. The molecule has 4 heterocycles. The van der Waals surface area contributed by atoms with E-state index in [1.807, 2.05) is 6.92 Å². The van der Waals surface area contributed by atoms with Gasteiger partial charge in [0.1, 0.15) is 17.5 Å². The lowest BCUT2D eigenvalue weighted by molar-refractivity contribution is -0.117. The standard InChI is InChI=1S/C24H25FN6O2/c1-15-19-11-21(32)31(10-8-16-5-3-4-6-20(16)25)23(19)28-22(27-15)17-7-9-30(14-17)24(33)18-12-26-29(2)13-18/h3-6,12-13,17H,7-11,14H2,1-2H3. The van der Waals surface area contributed by atoms with Crippen molar-refractivity contribution in [1.82, 2.24) is 24.6 Å². The van der Waals surface area contributed by atoms with Crippen molar-refractivity contribution in [2.24, 2.45) is 7.05 Å². The number of likely N-dealkylation sites (tertiary alicyclic amines) is 1. The van der Waals surface area contributed by atoms with Crippen LogP contribution in [0.25, 0.3) is 0 Å². The molecule has 2 aromatic heterocycles. The van der Waals surface area contributed by atoms with Gasteiger partial charge < -0.3 is 4.90 Å². The summed E-state index contributed by atoms with van der Waals surface area (Å²) in [5.41, 5.74) is 2.76. The lowest BCUT2D eigenvalue weighted by atomic mass is 10.1. The number of anilines is 1. The van der Waals surface area contributed by atoms with E-state index >= 15 is 0 Å². The Hall–Kier alpha value is -3.62. The summed E-state index contributed by atoms with van der Waals surface area (Å²) in [6.07, 6.45) is 4.71. The second kappa shape index (κ2) is 8.38. The van der Waals surface area contributed by atoms with Crippen LogP contribution in [0.15, 0.2) is 36.7 Å². The van der Waals surface area contributed by atoms with Gasteiger partial charge in [-0.15, -0.1) is 0 Å². The molecule has 0 saturated carbocycles. The number of hydrogen-bond donors (Lipinski definition) is 0. The smallest absolute Gasteiger partial charge is 0.257 e. The van der Waals surface area contributed by atoms with E-state index in [9.17, 15) is 14.0 Å². The van der Waals surface area contributed by atoms with E-state index in [4.69, 9.17) is 9.97 Å². The molecule has 0 radical (unpaired) electrons. The van der Waals surface area contributed by atoms with Crippen LogP contribution in [0.4, 0.5) is 10.2 Å². The highest BCUT2D eigenvalue weighted by Crippen LogP contribution is 2.33. The van der Waals surface area contributed by atoms with Crippen molar-refractivity contribution in [3.8, 4) is 0 Å². The number of halogens is 1. The van der Waals surface area contributed by atoms with Crippen molar-refractivity contribution >= 4 is 17.6 Å². The third-order valence-electron chi connectivity index (χ3n) is 6.45. The first-order chi connectivity index (χ1) is 15.9. The Morgan fingerprint density at radius 2 is 2.06 bits per heavy atom. The molecule has 170 valence electrons. The van der Waals surface area contributed by atoms with E-state index in [0.717, 1.165) is 17.7 Å². The molecule has 3 aromatic rings. The van der Waals surface area contributed by atoms with E-state index in [1.54, 1.807) is 52.1 Å². The van der Waals surface area contributed by atoms with Gasteiger partial charge in [0.2, 0.25) is 5.91 Å². The molecule has 0 aliphatic carbocycles. The van der Waals surface area contributed by atoms with E-state index in [1.165, 1.54) is 6.07 Å². The van der Waals surface area contributed by atoms with Crippen LogP contribution in [0.1, 0.15) is 45.3 Å². The van der Waals surface area contributed by atoms with Crippen molar-refractivity contribution < 1.29 is 14.0 Å². The number of rotatable bonds is 5. The highest BCUT2D eigenvalue weighted by molar-refractivity contribution is 6.00. The van der Waals surface area contributed by atoms with Gasteiger partial charge in [-0.2, -0.15) is 5.10 Å². The highest BCUT2D eigenvalue weighted by Gasteiger charge is 2.35. The fourth-order valence-electron chi connectivity index (χ4n) is 4.61. The largest absolute Gasteiger partial charge is 0.338 e. The number of amides is 2. The summed E-state index contributed by atoms with van der Waals surface area (Å²) in [7, 11) is 1.78. The zero-order valence-electron chi connectivity index (χ0n) is 18.7. The summed E-state index contributed by atoms with van der Waals surface area (Å²) in [5, 5.41) is 4.08. The molecule has 1 atom stereocenters. The highest BCUT2D eigenvalue weighted by atomic mass is 19.1. The number of carbonyl (C=O) groups excluding carboxylic acids is 2. The summed E-state index contributed by atoms with van der Waals surface area (Å²) in [4.78, 5) is 38.4. The monoisotopic (exact) mass is 448 g/mol. The van der Waals surface area contributed by atoms with E-state index < -0.39 is 0 Å². The maximum absolute atomic E-state index is 14.0. The Bertz CT molecular complexity index is 1240. The minimum atomic E-state index is -0.270. The predicted octanol–water partition coefficient (Wildman–Crippen LogP) is 2.42. The SMILES string of the molecule is Cc1nc(C2CCN(C(=O)c3cnn(C)c3)C2)nc2c1CC(=O)N2CCc1ccccc1F. The van der Waals surface area contributed by atoms with Gasteiger partial charge in [-0.25, -0.2) is 14.4 Å². The van der Waals surface area contributed by atoms with Crippen LogP contribution < -0.4 is 4.90 Å². The summed E-state index contributed by atoms with van der Waals surface area (Å²) in [6, 6.07) is 6.61. The number of carbonyl (C=O) groups is 2. The van der Waals surface area contributed by atoms with E-state index in [0.29, 0.717) is 48.8 Å². The third-order valence-corrected chi connectivity index (χ3v) is 6.45. The summed E-state index contributed by atoms with van der Waals surface area (Å²) < 4.78 is 15.7. The fourth-order valence-corrected chi connectivity index (χ4v) is 4.61. The number of fused-ring (bicyclic) bond motifs is 1.